The zero-order valence-corrected chi connectivity index (χ0v) is 14.6. The standard InChI is InChI=1S/C18H21N3O3S/c19-25(23,24)12-13-5-7-15(8-6-13)18(22)21-11-17-16-4-2-1-3-14(16)9-10-20-17/h1-8,17,20H,9-12H2,(H,21,22)(H2,19,23,24). The molecule has 1 amide bonds. The van der Waals surface area contributed by atoms with Crippen molar-refractivity contribution in [3.05, 3.63) is 70.8 Å². The Kier molecular flexibility index (Phi) is 5.17. The predicted octanol–water partition coefficient (Wildman–Crippen LogP) is 1.09. The van der Waals surface area contributed by atoms with Gasteiger partial charge < -0.3 is 10.6 Å². The molecule has 132 valence electrons. The lowest BCUT2D eigenvalue weighted by molar-refractivity contribution is 0.0949. The third-order valence-electron chi connectivity index (χ3n) is 4.27. The van der Waals surface area contributed by atoms with Gasteiger partial charge in [-0.15, -0.1) is 0 Å². The van der Waals surface area contributed by atoms with Crippen molar-refractivity contribution < 1.29 is 13.2 Å². The molecule has 6 nitrogen and oxygen atoms in total. The van der Waals surface area contributed by atoms with Crippen LogP contribution in [0.3, 0.4) is 0 Å². The summed E-state index contributed by atoms with van der Waals surface area (Å²) in [4.78, 5) is 12.3. The van der Waals surface area contributed by atoms with Crippen molar-refractivity contribution in [3.63, 3.8) is 0 Å². The number of carbonyl (C=O) groups is 1. The molecule has 4 N–H and O–H groups in total. The first-order chi connectivity index (χ1) is 11.9. The molecule has 25 heavy (non-hydrogen) atoms. The van der Waals surface area contributed by atoms with Crippen molar-refractivity contribution in [1.29, 1.82) is 0 Å². The summed E-state index contributed by atoms with van der Waals surface area (Å²) < 4.78 is 22.2. The van der Waals surface area contributed by atoms with Crippen LogP contribution < -0.4 is 15.8 Å². The highest BCUT2D eigenvalue weighted by atomic mass is 32.2. The molecular weight excluding hydrogens is 338 g/mol. The molecule has 7 heteroatoms. The number of hydrogen-bond donors (Lipinski definition) is 3. The number of rotatable bonds is 5. The molecule has 1 atom stereocenters. The third-order valence-corrected chi connectivity index (χ3v) is 5.00. The van der Waals surface area contributed by atoms with Crippen LogP contribution in [0.15, 0.2) is 48.5 Å². The van der Waals surface area contributed by atoms with E-state index in [1.165, 1.54) is 11.1 Å². The fraction of sp³-hybridized carbons (Fsp3) is 0.278. The second-order valence-corrected chi connectivity index (χ2v) is 7.78. The predicted molar refractivity (Wildman–Crippen MR) is 96.5 cm³/mol. The van der Waals surface area contributed by atoms with E-state index in [1.54, 1.807) is 24.3 Å². The average Bonchev–Trinajstić information content (AvgIpc) is 2.59. The lowest BCUT2D eigenvalue weighted by Crippen LogP contribution is -2.38. The monoisotopic (exact) mass is 359 g/mol. The fourth-order valence-corrected chi connectivity index (χ4v) is 3.71. The minimum absolute atomic E-state index is 0.0931. The smallest absolute Gasteiger partial charge is 0.251 e. The number of carbonyl (C=O) groups excluding carboxylic acids is 1. The highest BCUT2D eigenvalue weighted by Gasteiger charge is 2.19. The largest absolute Gasteiger partial charge is 0.350 e. The first-order valence-electron chi connectivity index (χ1n) is 8.11. The molecular formula is C18H21N3O3S. The normalized spacial score (nSPS) is 16.9. The van der Waals surface area contributed by atoms with E-state index in [9.17, 15) is 13.2 Å². The lowest BCUT2D eigenvalue weighted by Gasteiger charge is -2.27. The second-order valence-electron chi connectivity index (χ2n) is 6.17. The Hall–Kier alpha value is -2.22. The van der Waals surface area contributed by atoms with E-state index in [-0.39, 0.29) is 17.7 Å². The molecule has 0 aliphatic carbocycles. The summed E-state index contributed by atoms with van der Waals surface area (Å²) >= 11 is 0. The summed E-state index contributed by atoms with van der Waals surface area (Å²) in [5.74, 6) is -0.426. The Balaban J connectivity index is 1.62. The van der Waals surface area contributed by atoms with E-state index < -0.39 is 10.0 Å². The highest BCUT2D eigenvalue weighted by molar-refractivity contribution is 7.88. The Labute approximate surface area is 147 Å². The maximum Gasteiger partial charge on any atom is 0.251 e. The Morgan fingerprint density at radius 3 is 2.60 bits per heavy atom. The van der Waals surface area contributed by atoms with E-state index >= 15 is 0 Å². The third kappa shape index (κ3) is 4.66. The molecule has 2 aromatic carbocycles. The van der Waals surface area contributed by atoms with Crippen molar-refractivity contribution in [2.45, 2.75) is 18.2 Å². The summed E-state index contributed by atoms with van der Waals surface area (Å²) in [5.41, 5.74) is 3.58. The molecule has 0 fully saturated rings. The molecule has 0 bridgehead atoms. The number of benzene rings is 2. The zero-order valence-electron chi connectivity index (χ0n) is 13.7. The van der Waals surface area contributed by atoms with Crippen LogP contribution >= 0.6 is 0 Å². The van der Waals surface area contributed by atoms with Crippen molar-refractivity contribution >= 4 is 15.9 Å². The number of primary sulfonamides is 1. The van der Waals surface area contributed by atoms with Gasteiger partial charge >= 0.3 is 0 Å². The number of nitrogens with two attached hydrogens (primary N) is 1. The van der Waals surface area contributed by atoms with Crippen LogP contribution in [-0.4, -0.2) is 27.4 Å². The molecule has 1 aliphatic rings. The van der Waals surface area contributed by atoms with E-state index in [0.717, 1.165) is 13.0 Å². The SMILES string of the molecule is NS(=O)(=O)Cc1ccc(C(=O)NCC2NCCc3ccccc32)cc1. The molecule has 0 spiro atoms. The number of fused-ring (bicyclic) bond motifs is 1. The van der Waals surface area contributed by atoms with Crippen LogP contribution in [0.25, 0.3) is 0 Å². The van der Waals surface area contributed by atoms with Gasteiger partial charge in [0.15, 0.2) is 0 Å². The first-order valence-corrected chi connectivity index (χ1v) is 9.83. The molecule has 0 saturated carbocycles. The van der Waals surface area contributed by atoms with Crippen molar-refractivity contribution in [2.75, 3.05) is 13.1 Å². The van der Waals surface area contributed by atoms with E-state index in [0.29, 0.717) is 17.7 Å². The molecule has 0 saturated heterocycles. The molecule has 0 radical (unpaired) electrons. The van der Waals surface area contributed by atoms with Crippen molar-refractivity contribution in [2.24, 2.45) is 5.14 Å². The summed E-state index contributed by atoms with van der Waals surface area (Å²) in [6.45, 7) is 1.38. The molecule has 0 aromatic heterocycles. The van der Waals surface area contributed by atoms with Crippen LogP contribution in [0.5, 0.6) is 0 Å². The molecule has 3 rings (SSSR count). The van der Waals surface area contributed by atoms with Gasteiger partial charge in [0.2, 0.25) is 10.0 Å². The van der Waals surface area contributed by atoms with Gasteiger partial charge in [-0.3, -0.25) is 4.79 Å². The number of sulfonamides is 1. The van der Waals surface area contributed by atoms with Gasteiger partial charge in [-0.1, -0.05) is 36.4 Å². The topological polar surface area (TPSA) is 101 Å². The van der Waals surface area contributed by atoms with Crippen LogP contribution in [0.1, 0.15) is 33.1 Å². The molecule has 2 aromatic rings. The molecule has 1 aliphatic heterocycles. The molecule has 1 unspecified atom stereocenters. The minimum Gasteiger partial charge on any atom is -0.350 e. The van der Waals surface area contributed by atoms with Gasteiger partial charge in [0.1, 0.15) is 0 Å². The summed E-state index contributed by atoms with van der Waals surface area (Å²) in [5, 5.41) is 11.4. The quantitative estimate of drug-likeness (QED) is 0.744. The van der Waals surface area contributed by atoms with E-state index in [4.69, 9.17) is 5.14 Å². The Morgan fingerprint density at radius 1 is 1.16 bits per heavy atom. The summed E-state index contributed by atoms with van der Waals surface area (Å²) in [6.07, 6.45) is 0.992. The minimum atomic E-state index is -3.57. The van der Waals surface area contributed by atoms with E-state index in [2.05, 4.69) is 22.8 Å². The maximum absolute atomic E-state index is 12.3. The van der Waals surface area contributed by atoms with Gasteiger partial charge in [-0.05, 0) is 41.8 Å². The summed E-state index contributed by atoms with van der Waals surface area (Å²) in [7, 11) is -3.57. The van der Waals surface area contributed by atoms with Gasteiger partial charge in [0, 0.05) is 18.2 Å². The zero-order chi connectivity index (χ0) is 17.9. The Bertz CT molecular complexity index is 863. The number of hydrogen-bond acceptors (Lipinski definition) is 4. The lowest BCUT2D eigenvalue weighted by atomic mass is 9.94. The molecule has 1 heterocycles. The van der Waals surface area contributed by atoms with Crippen molar-refractivity contribution in [3.8, 4) is 0 Å². The van der Waals surface area contributed by atoms with E-state index in [1.807, 2.05) is 12.1 Å². The van der Waals surface area contributed by atoms with Crippen LogP contribution in [0.4, 0.5) is 0 Å². The van der Waals surface area contributed by atoms with Gasteiger partial charge in [0.25, 0.3) is 5.91 Å². The fourth-order valence-electron chi connectivity index (χ4n) is 3.06. The Morgan fingerprint density at radius 2 is 1.88 bits per heavy atom. The first kappa shape index (κ1) is 17.6. The van der Waals surface area contributed by atoms with Crippen LogP contribution in [-0.2, 0) is 22.2 Å². The van der Waals surface area contributed by atoms with Gasteiger partial charge in [-0.2, -0.15) is 0 Å². The van der Waals surface area contributed by atoms with Crippen molar-refractivity contribution in [1.82, 2.24) is 10.6 Å². The number of amides is 1. The maximum atomic E-state index is 12.3. The second kappa shape index (κ2) is 7.35. The highest BCUT2D eigenvalue weighted by Crippen LogP contribution is 2.21. The van der Waals surface area contributed by atoms with Gasteiger partial charge in [0.05, 0.1) is 5.75 Å². The number of nitrogens with one attached hydrogen (secondary N) is 2. The summed E-state index contributed by atoms with van der Waals surface area (Å²) in [6, 6.07) is 14.8. The van der Waals surface area contributed by atoms with Gasteiger partial charge in [-0.25, -0.2) is 13.6 Å². The average molecular weight is 359 g/mol. The van der Waals surface area contributed by atoms with Crippen LogP contribution in [0.2, 0.25) is 0 Å². The van der Waals surface area contributed by atoms with Crippen LogP contribution in [0, 0.1) is 0 Å².